The molecule has 0 heterocycles. The number of ether oxygens (including phenoxy) is 1. The van der Waals surface area contributed by atoms with E-state index in [1.165, 1.54) is 0 Å². The summed E-state index contributed by atoms with van der Waals surface area (Å²) < 4.78 is 5.78. The highest BCUT2D eigenvalue weighted by atomic mass is 35.5. The normalized spacial score (nSPS) is 16.4. The third-order valence-electron chi connectivity index (χ3n) is 3.45. The first-order valence-electron chi connectivity index (χ1n) is 7.42. The number of carbonyl (C=O) groups excluding carboxylic acids is 1. The third kappa shape index (κ3) is 5.21. The van der Waals surface area contributed by atoms with Crippen LogP contribution in [0.5, 0.6) is 5.75 Å². The van der Waals surface area contributed by atoms with Crippen LogP contribution in [-0.2, 0) is 9.63 Å². The van der Waals surface area contributed by atoms with Crippen molar-refractivity contribution < 1.29 is 14.4 Å². The average molecular weight is 312 g/mol. The maximum atomic E-state index is 12.2. The number of carbonyl (C=O) groups is 1. The first-order valence-corrected chi connectivity index (χ1v) is 7.80. The quantitative estimate of drug-likeness (QED) is 0.780. The Labute approximate surface area is 130 Å². The Morgan fingerprint density at radius 3 is 2.52 bits per heavy atom. The van der Waals surface area contributed by atoms with E-state index in [2.05, 4.69) is 19.3 Å². The summed E-state index contributed by atoms with van der Waals surface area (Å²) in [5.74, 6) is 0.742. The largest absolute Gasteiger partial charge is 0.481 e. The zero-order valence-electron chi connectivity index (χ0n) is 12.5. The number of halogens is 1. The summed E-state index contributed by atoms with van der Waals surface area (Å²) in [7, 11) is 0. The van der Waals surface area contributed by atoms with Crippen LogP contribution in [0.2, 0.25) is 5.02 Å². The molecule has 1 fully saturated rings. The van der Waals surface area contributed by atoms with Crippen LogP contribution in [0.4, 0.5) is 0 Å². The second-order valence-electron chi connectivity index (χ2n) is 5.83. The molecule has 1 aromatic rings. The van der Waals surface area contributed by atoms with Gasteiger partial charge in [-0.15, -0.1) is 0 Å². The standard InChI is InChI=1S/C16H22ClNO3/c1-11(2)10-15(16(19)18-21-14-4-3-5-14)20-13-8-6-12(17)7-9-13/h6-9,11,14-15H,3-5,10H2,1-2H3,(H,18,19)/t15-/m0/s1. The highest BCUT2D eigenvalue weighted by Gasteiger charge is 2.25. The molecule has 0 aromatic heterocycles. The Morgan fingerprint density at radius 1 is 1.33 bits per heavy atom. The molecule has 1 aliphatic carbocycles. The Kier molecular flexibility index (Phi) is 5.88. The minimum atomic E-state index is -0.564. The van der Waals surface area contributed by atoms with Gasteiger partial charge in [0.2, 0.25) is 0 Å². The van der Waals surface area contributed by atoms with Gasteiger partial charge in [-0.3, -0.25) is 9.63 Å². The van der Waals surface area contributed by atoms with Gasteiger partial charge in [0.15, 0.2) is 6.10 Å². The van der Waals surface area contributed by atoms with Crippen LogP contribution in [0, 0.1) is 5.92 Å². The number of nitrogens with one attached hydrogen (secondary N) is 1. The van der Waals surface area contributed by atoms with E-state index in [1.807, 2.05) is 0 Å². The molecular weight excluding hydrogens is 290 g/mol. The van der Waals surface area contributed by atoms with E-state index in [9.17, 15) is 4.79 Å². The average Bonchev–Trinajstić information content (AvgIpc) is 2.38. The van der Waals surface area contributed by atoms with Crippen LogP contribution >= 0.6 is 11.6 Å². The van der Waals surface area contributed by atoms with Crippen molar-refractivity contribution in [3.05, 3.63) is 29.3 Å². The van der Waals surface area contributed by atoms with E-state index in [0.717, 1.165) is 19.3 Å². The van der Waals surface area contributed by atoms with Gasteiger partial charge in [-0.1, -0.05) is 25.4 Å². The predicted molar refractivity (Wildman–Crippen MR) is 82.2 cm³/mol. The van der Waals surface area contributed by atoms with Crippen LogP contribution in [-0.4, -0.2) is 18.1 Å². The number of hydroxylamine groups is 1. The van der Waals surface area contributed by atoms with E-state index in [-0.39, 0.29) is 12.0 Å². The van der Waals surface area contributed by atoms with Crippen molar-refractivity contribution in [1.29, 1.82) is 0 Å². The first-order chi connectivity index (χ1) is 10.0. The van der Waals surface area contributed by atoms with E-state index >= 15 is 0 Å². The van der Waals surface area contributed by atoms with E-state index in [1.54, 1.807) is 24.3 Å². The summed E-state index contributed by atoms with van der Waals surface area (Å²) in [6.07, 6.45) is 3.40. The molecule has 116 valence electrons. The molecule has 0 bridgehead atoms. The second-order valence-corrected chi connectivity index (χ2v) is 6.26. The lowest BCUT2D eigenvalue weighted by Gasteiger charge is -2.26. The molecular formula is C16H22ClNO3. The van der Waals surface area contributed by atoms with Crippen molar-refractivity contribution in [2.45, 2.75) is 51.7 Å². The van der Waals surface area contributed by atoms with Gasteiger partial charge >= 0.3 is 0 Å². The third-order valence-corrected chi connectivity index (χ3v) is 3.70. The fourth-order valence-electron chi connectivity index (χ4n) is 2.01. The second kappa shape index (κ2) is 7.66. The molecule has 5 heteroatoms. The molecule has 0 aliphatic heterocycles. The summed E-state index contributed by atoms with van der Waals surface area (Å²) in [6.45, 7) is 4.11. The number of hydrogen-bond acceptors (Lipinski definition) is 3. The SMILES string of the molecule is CC(C)C[C@H](Oc1ccc(Cl)cc1)C(=O)NOC1CCC1. The summed E-state index contributed by atoms with van der Waals surface area (Å²) in [5.41, 5.74) is 2.53. The van der Waals surface area contributed by atoms with E-state index < -0.39 is 6.10 Å². The Bertz CT molecular complexity index is 457. The van der Waals surface area contributed by atoms with Crippen molar-refractivity contribution in [3.8, 4) is 5.75 Å². The van der Waals surface area contributed by atoms with Crippen LogP contribution < -0.4 is 10.2 Å². The first kappa shape index (κ1) is 16.1. The summed E-state index contributed by atoms with van der Waals surface area (Å²) in [6, 6.07) is 7.00. The Hall–Kier alpha value is -1.26. The van der Waals surface area contributed by atoms with Crippen LogP contribution in [0.15, 0.2) is 24.3 Å². The summed E-state index contributed by atoms with van der Waals surface area (Å²) in [5, 5.41) is 0.639. The molecule has 0 unspecified atom stereocenters. The minimum absolute atomic E-state index is 0.157. The molecule has 1 N–H and O–H groups in total. The Morgan fingerprint density at radius 2 is 2.00 bits per heavy atom. The summed E-state index contributed by atoms with van der Waals surface area (Å²) >= 11 is 5.85. The number of hydrogen-bond donors (Lipinski definition) is 1. The van der Waals surface area contributed by atoms with Gasteiger partial charge in [0.25, 0.3) is 5.91 Å². The van der Waals surface area contributed by atoms with Crippen molar-refractivity contribution in [1.82, 2.24) is 5.48 Å². The molecule has 2 rings (SSSR count). The molecule has 1 atom stereocenters. The van der Waals surface area contributed by atoms with Gasteiger partial charge < -0.3 is 4.74 Å². The fraction of sp³-hybridized carbons (Fsp3) is 0.562. The summed E-state index contributed by atoms with van der Waals surface area (Å²) in [4.78, 5) is 17.6. The van der Waals surface area contributed by atoms with Gasteiger partial charge in [0, 0.05) is 5.02 Å². The van der Waals surface area contributed by atoms with Crippen molar-refractivity contribution in [2.75, 3.05) is 0 Å². The maximum Gasteiger partial charge on any atom is 0.284 e. The molecule has 1 aliphatic rings. The smallest absolute Gasteiger partial charge is 0.284 e. The fourth-order valence-corrected chi connectivity index (χ4v) is 2.14. The number of amides is 1. The lowest BCUT2D eigenvalue weighted by atomic mass is 9.97. The van der Waals surface area contributed by atoms with Gasteiger partial charge in [-0.25, -0.2) is 5.48 Å². The van der Waals surface area contributed by atoms with Gasteiger partial charge in [-0.2, -0.15) is 0 Å². The number of rotatable bonds is 7. The topological polar surface area (TPSA) is 47.6 Å². The number of benzene rings is 1. The molecule has 0 spiro atoms. The molecule has 21 heavy (non-hydrogen) atoms. The van der Waals surface area contributed by atoms with E-state index in [4.69, 9.17) is 21.2 Å². The molecule has 0 saturated heterocycles. The molecule has 1 aromatic carbocycles. The van der Waals surface area contributed by atoms with Crippen molar-refractivity contribution in [3.63, 3.8) is 0 Å². The van der Waals surface area contributed by atoms with Crippen molar-refractivity contribution in [2.24, 2.45) is 5.92 Å². The molecule has 1 amide bonds. The maximum absolute atomic E-state index is 12.2. The van der Waals surface area contributed by atoms with Crippen molar-refractivity contribution >= 4 is 17.5 Å². The van der Waals surface area contributed by atoms with Gasteiger partial charge in [-0.05, 0) is 55.9 Å². The predicted octanol–water partition coefficient (Wildman–Crippen LogP) is 3.73. The van der Waals surface area contributed by atoms with Gasteiger partial charge in [0.1, 0.15) is 5.75 Å². The molecule has 4 nitrogen and oxygen atoms in total. The molecule has 1 saturated carbocycles. The minimum Gasteiger partial charge on any atom is -0.481 e. The Balaban J connectivity index is 1.92. The zero-order valence-corrected chi connectivity index (χ0v) is 13.2. The highest BCUT2D eigenvalue weighted by molar-refractivity contribution is 6.30. The van der Waals surface area contributed by atoms with Crippen LogP contribution in [0.3, 0.4) is 0 Å². The highest BCUT2D eigenvalue weighted by Crippen LogP contribution is 2.22. The van der Waals surface area contributed by atoms with Crippen LogP contribution in [0.1, 0.15) is 39.5 Å². The lowest BCUT2D eigenvalue weighted by molar-refractivity contribution is -0.150. The monoisotopic (exact) mass is 311 g/mol. The van der Waals surface area contributed by atoms with Gasteiger partial charge in [0.05, 0.1) is 6.10 Å². The molecule has 0 radical (unpaired) electrons. The van der Waals surface area contributed by atoms with E-state index in [0.29, 0.717) is 23.1 Å². The lowest BCUT2D eigenvalue weighted by Crippen LogP contribution is -2.42. The van der Waals surface area contributed by atoms with Crippen LogP contribution in [0.25, 0.3) is 0 Å². The zero-order chi connectivity index (χ0) is 15.2.